The molecule has 160 valence electrons. The SMILES string of the molecule is C[C@@H]1CN(c2ccc(OCc3ccccc3)cc2)CCN1C(=O)OCc1ccccc1. The van der Waals surface area contributed by atoms with Crippen molar-refractivity contribution >= 4 is 11.8 Å². The fraction of sp³-hybridized carbons (Fsp3) is 0.269. The number of hydrogen-bond acceptors (Lipinski definition) is 4. The maximum atomic E-state index is 12.5. The second kappa shape index (κ2) is 10.0. The van der Waals surface area contributed by atoms with Crippen molar-refractivity contribution in [3.8, 4) is 5.75 Å². The van der Waals surface area contributed by atoms with Gasteiger partial charge in [0.25, 0.3) is 0 Å². The summed E-state index contributed by atoms with van der Waals surface area (Å²) in [5.41, 5.74) is 3.28. The maximum Gasteiger partial charge on any atom is 0.410 e. The summed E-state index contributed by atoms with van der Waals surface area (Å²) in [7, 11) is 0. The molecule has 3 aromatic carbocycles. The zero-order chi connectivity index (χ0) is 21.5. The number of anilines is 1. The maximum absolute atomic E-state index is 12.5. The summed E-state index contributed by atoms with van der Waals surface area (Å²) in [5.74, 6) is 0.851. The quantitative estimate of drug-likeness (QED) is 0.560. The minimum absolute atomic E-state index is 0.0750. The van der Waals surface area contributed by atoms with Crippen LogP contribution in [0.5, 0.6) is 5.75 Å². The first-order chi connectivity index (χ1) is 15.2. The fourth-order valence-electron chi connectivity index (χ4n) is 3.76. The van der Waals surface area contributed by atoms with Crippen LogP contribution in [0.4, 0.5) is 10.5 Å². The van der Waals surface area contributed by atoms with E-state index < -0.39 is 0 Å². The third-order valence-electron chi connectivity index (χ3n) is 5.52. The van der Waals surface area contributed by atoms with E-state index in [4.69, 9.17) is 9.47 Å². The molecule has 0 unspecified atom stereocenters. The Hall–Kier alpha value is -3.47. The van der Waals surface area contributed by atoms with Gasteiger partial charge in [-0.05, 0) is 42.3 Å². The van der Waals surface area contributed by atoms with E-state index in [0.717, 1.165) is 35.7 Å². The molecule has 1 saturated heterocycles. The second-order valence-electron chi connectivity index (χ2n) is 7.80. The van der Waals surface area contributed by atoms with Crippen LogP contribution in [0.3, 0.4) is 0 Å². The number of carbonyl (C=O) groups excluding carboxylic acids is 1. The first kappa shape index (κ1) is 20.8. The Morgan fingerprint density at radius 2 is 1.45 bits per heavy atom. The van der Waals surface area contributed by atoms with Gasteiger partial charge in [-0.2, -0.15) is 0 Å². The normalized spacial score (nSPS) is 16.1. The van der Waals surface area contributed by atoms with Gasteiger partial charge in [-0.1, -0.05) is 60.7 Å². The molecule has 1 amide bonds. The Bertz CT molecular complexity index is 961. The number of amides is 1. The number of nitrogens with zero attached hydrogens (tertiary/aromatic N) is 2. The first-order valence-electron chi connectivity index (χ1n) is 10.7. The van der Waals surface area contributed by atoms with Crippen molar-refractivity contribution < 1.29 is 14.3 Å². The summed E-state index contributed by atoms with van der Waals surface area (Å²) < 4.78 is 11.4. The first-order valence-corrected chi connectivity index (χ1v) is 10.7. The van der Waals surface area contributed by atoms with Crippen molar-refractivity contribution in [2.24, 2.45) is 0 Å². The number of hydrogen-bond donors (Lipinski definition) is 0. The van der Waals surface area contributed by atoms with E-state index in [9.17, 15) is 4.79 Å². The second-order valence-corrected chi connectivity index (χ2v) is 7.80. The molecule has 1 heterocycles. The molecule has 0 spiro atoms. The highest BCUT2D eigenvalue weighted by Gasteiger charge is 2.28. The molecule has 0 N–H and O–H groups in total. The largest absolute Gasteiger partial charge is 0.489 e. The van der Waals surface area contributed by atoms with Crippen molar-refractivity contribution in [2.75, 3.05) is 24.5 Å². The van der Waals surface area contributed by atoms with Gasteiger partial charge in [0.2, 0.25) is 0 Å². The number of ether oxygens (including phenoxy) is 2. The zero-order valence-electron chi connectivity index (χ0n) is 17.8. The van der Waals surface area contributed by atoms with Gasteiger partial charge >= 0.3 is 6.09 Å². The monoisotopic (exact) mass is 416 g/mol. The summed E-state index contributed by atoms with van der Waals surface area (Å²) in [6.45, 7) is 5.10. The smallest absolute Gasteiger partial charge is 0.410 e. The molecule has 31 heavy (non-hydrogen) atoms. The van der Waals surface area contributed by atoms with Gasteiger partial charge in [0.15, 0.2) is 0 Å². The minimum atomic E-state index is -0.249. The predicted octanol–water partition coefficient (Wildman–Crippen LogP) is 5.11. The summed E-state index contributed by atoms with van der Waals surface area (Å²) in [6, 6.07) is 28.1. The molecule has 1 fully saturated rings. The van der Waals surface area contributed by atoms with Crippen LogP contribution >= 0.6 is 0 Å². The summed E-state index contributed by atoms with van der Waals surface area (Å²) in [6.07, 6.45) is -0.249. The summed E-state index contributed by atoms with van der Waals surface area (Å²) >= 11 is 0. The molecule has 0 saturated carbocycles. The number of rotatable bonds is 6. The van der Waals surface area contributed by atoms with Crippen LogP contribution in [0, 0.1) is 0 Å². The molecular formula is C26H28N2O3. The molecular weight excluding hydrogens is 388 g/mol. The highest BCUT2D eigenvalue weighted by Crippen LogP contribution is 2.23. The van der Waals surface area contributed by atoms with Gasteiger partial charge in [-0.15, -0.1) is 0 Å². The van der Waals surface area contributed by atoms with E-state index >= 15 is 0 Å². The fourth-order valence-corrected chi connectivity index (χ4v) is 3.76. The molecule has 4 rings (SSSR count). The summed E-state index contributed by atoms with van der Waals surface area (Å²) in [5, 5.41) is 0. The molecule has 1 aliphatic rings. The zero-order valence-corrected chi connectivity index (χ0v) is 17.8. The topological polar surface area (TPSA) is 42.0 Å². The number of benzene rings is 3. The van der Waals surface area contributed by atoms with Crippen LogP contribution in [-0.2, 0) is 18.0 Å². The lowest BCUT2D eigenvalue weighted by atomic mass is 10.1. The Kier molecular flexibility index (Phi) is 6.72. The molecule has 3 aromatic rings. The van der Waals surface area contributed by atoms with Crippen molar-refractivity contribution in [1.29, 1.82) is 0 Å². The van der Waals surface area contributed by atoms with Crippen LogP contribution in [0.1, 0.15) is 18.1 Å². The van der Waals surface area contributed by atoms with E-state index in [2.05, 4.69) is 36.1 Å². The van der Waals surface area contributed by atoms with Gasteiger partial charge < -0.3 is 19.3 Å². The van der Waals surface area contributed by atoms with E-state index in [1.165, 1.54) is 0 Å². The van der Waals surface area contributed by atoms with Crippen LogP contribution in [0.25, 0.3) is 0 Å². The predicted molar refractivity (Wildman–Crippen MR) is 122 cm³/mol. The van der Waals surface area contributed by atoms with Crippen molar-refractivity contribution in [1.82, 2.24) is 4.90 Å². The molecule has 1 aliphatic heterocycles. The van der Waals surface area contributed by atoms with Gasteiger partial charge in [-0.3, -0.25) is 0 Å². The van der Waals surface area contributed by atoms with Crippen LogP contribution < -0.4 is 9.64 Å². The van der Waals surface area contributed by atoms with Gasteiger partial charge in [-0.25, -0.2) is 4.79 Å². The van der Waals surface area contributed by atoms with Crippen molar-refractivity contribution in [3.63, 3.8) is 0 Å². The van der Waals surface area contributed by atoms with Crippen LogP contribution in [-0.4, -0.2) is 36.7 Å². The van der Waals surface area contributed by atoms with Gasteiger partial charge in [0.1, 0.15) is 19.0 Å². The third kappa shape index (κ3) is 5.57. The Morgan fingerprint density at radius 1 is 0.839 bits per heavy atom. The standard InChI is InChI=1S/C26H28N2O3/c1-21-18-27(16-17-28(21)26(29)31-20-23-10-6-3-7-11-23)24-12-14-25(15-13-24)30-19-22-8-4-2-5-9-22/h2-15,21H,16-20H2,1H3/t21-/m1/s1. The lowest BCUT2D eigenvalue weighted by molar-refractivity contribution is 0.0795. The minimum Gasteiger partial charge on any atom is -0.489 e. The number of piperazine rings is 1. The molecule has 0 bridgehead atoms. The molecule has 0 aromatic heterocycles. The molecule has 5 heteroatoms. The van der Waals surface area contributed by atoms with E-state index in [1.54, 1.807) is 0 Å². The number of carbonyl (C=O) groups is 1. The average Bonchev–Trinajstić information content (AvgIpc) is 2.83. The molecule has 5 nitrogen and oxygen atoms in total. The lowest BCUT2D eigenvalue weighted by Gasteiger charge is -2.40. The molecule has 1 atom stereocenters. The Morgan fingerprint density at radius 3 is 2.06 bits per heavy atom. The highest BCUT2D eigenvalue weighted by atomic mass is 16.6. The third-order valence-corrected chi connectivity index (χ3v) is 5.52. The van der Waals surface area contributed by atoms with E-state index in [1.807, 2.05) is 65.6 Å². The highest BCUT2D eigenvalue weighted by molar-refractivity contribution is 5.68. The molecule has 0 radical (unpaired) electrons. The van der Waals surface area contributed by atoms with Crippen LogP contribution in [0.15, 0.2) is 84.9 Å². The Labute approximate surface area is 183 Å². The molecule has 0 aliphatic carbocycles. The van der Waals surface area contributed by atoms with Crippen molar-refractivity contribution in [3.05, 3.63) is 96.1 Å². The van der Waals surface area contributed by atoms with E-state index in [0.29, 0.717) is 19.8 Å². The van der Waals surface area contributed by atoms with Gasteiger partial charge in [0, 0.05) is 31.4 Å². The van der Waals surface area contributed by atoms with Gasteiger partial charge in [0.05, 0.1) is 0 Å². The lowest BCUT2D eigenvalue weighted by Crippen LogP contribution is -2.54. The Balaban J connectivity index is 1.27. The van der Waals surface area contributed by atoms with E-state index in [-0.39, 0.29) is 12.1 Å². The van der Waals surface area contributed by atoms with Crippen LogP contribution in [0.2, 0.25) is 0 Å². The summed E-state index contributed by atoms with van der Waals surface area (Å²) in [4.78, 5) is 16.6. The van der Waals surface area contributed by atoms with Crippen molar-refractivity contribution in [2.45, 2.75) is 26.2 Å². The average molecular weight is 417 g/mol.